The Balaban J connectivity index is 2.37. The van der Waals surface area contributed by atoms with Crippen LogP contribution in [0.3, 0.4) is 0 Å². The molecule has 0 aliphatic carbocycles. The van der Waals surface area contributed by atoms with E-state index in [0.29, 0.717) is 5.75 Å². The van der Waals surface area contributed by atoms with Crippen LogP contribution in [0.1, 0.15) is 6.92 Å². The van der Waals surface area contributed by atoms with Crippen molar-refractivity contribution < 1.29 is 19.8 Å². The molecule has 1 heterocycles. The van der Waals surface area contributed by atoms with Gasteiger partial charge < -0.3 is 20.8 Å². The first-order chi connectivity index (χ1) is 7.43. The maximum absolute atomic E-state index is 11.6. The lowest BCUT2D eigenvalue weighted by atomic mass is 10.1. The molecule has 0 spiro atoms. The van der Waals surface area contributed by atoms with Gasteiger partial charge in [0.1, 0.15) is 0 Å². The van der Waals surface area contributed by atoms with E-state index in [4.69, 9.17) is 5.11 Å². The van der Waals surface area contributed by atoms with E-state index in [9.17, 15) is 14.7 Å². The number of carbonyl (C=O) groups is 2. The molecule has 4 N–H and O–H groups in total. The summed E-state index contributed by atoms with van der Waals surface area (Å²) >= 11 is 1.67. The van der Waals surface area contributed by atoms with Crippen LogP contribution in [0.15, 0.2) is 0 Å². The second-order valence-electron chi connectivity index (χ2n) is 3.88. The minimum atomic E-state index is -1.92. The number of carboxylic acid groups (broad SMARTS) is 1. The van der Waals surface area contributed by atoms with Gasteiger partial charge in [0.05, 0.1) is 12.6 Å². The van der Waals surface area contributed by atoms with Gasteiger partial charge in [-0.15, -0.1) is 0 Å². The molecule has 1 saturated heterocycles. The predicted molar refractivity (Wildman–Crippen MR) is 60.4 cm³/mol. The smallest absolute Gasteiger partial charge is 0.337 e. The maximum atomic E-state index is 11.6. The van der Waals surface area contributed by atoms with Crippen LogP contribution in [0.2, 0.25) is 0 Å². The Hall–Kier alpha value is -0.790. The van der Waals surface area contributed by atoms with Crippen molar-refractivity contribution in [2.75, 3.05) is 24.6 Å². The molecule has 0 bridgehead atoms. The second-order valence-corrected chi connectivity index (χ2v) is 5.03. The van der Waals surface area contributed by atoms with Gasteiger partial charge in [0.2, 0.25) is 5.91 Å². The Morgan fingerprint density at radius 2 is 2.31 bits per heavy atom. The van der Waals surface area contributed by atoms with Gasteiger partial charge in [-0.2, -0.15) is 11.8 Å². The number of rotatable bonds is 4. The highest BCUT2D eigenvalue weighted by Crippen LogP contribution is 2.08. The van der Waals surface area contributed by atoms with Crippen LogP contribution < -0.4 is 10.6 Å². The molecule has 16 heavy (non-hydrogen) atoms. The van der Waals surface area contributed by atoms with Crippen LogP contribution in [0.4, 0.5) is 0 Å². The number of aliphatic hydroxyl groups is 1. The topological polar surface area (TPSA) is 98.7 Å². The number of carbonyl (C=O) groups excluding carboxylic acids is 1. The molecule has 1 aliphatic rings. The molecule has 1 amide bonds. The van der Waals surface area contributed by atoms with Crippen molar-refractivity contribution in [1.82, 2.24) is 10.6 Å². The minimum absolute atomic E-state index is 0.270. The van der Waals surface area contributed by atoms with Crippen LogP contribution in [0.25, 0.3) is 0 Å². The maximum Gasteiger partial charge on any atom is 0.337 e. The van der Waals surface area contributed by atoms with Gasteiger partial charge in [-0.3, -0.25) is 4.79 Å². The predicted octanol–water partition coefficient (Wildman–Crippen LogP) is -1.36. The molecule has 1 fully saturated rings. The Labute approximate surface area is 97.8 Å². The first-order valence-electron chi connectivity index (χ1n) is 4.98. The molecule has 2 atom stereocenters. The standard InChI is InChI=1S/C9H16N2O4S/c1-9(15,8(13)14)5-11-7(12)6-4-16-3-2-10-6/h6,10,15H,2-5H2,1H3,(H,11,12)(H,13,14). The van der Waals surface area contributed by atoms with Crippen molar-refractivity contribution in [3.63, 3.8) is 0 Å². The summed E-state index contributed by atoms with van der Waals surface area (Å²) in [5.74, 6) is 0.0185. The molecule has 0 radical (unpaired) electrons. The zero-order chi connectivity index (χ0) is 12.2. The van der Waals surface area contributed by atoms with E-state index in [0.717, 1.165) is 19.2 Å². The van der Waals surface area contributed by atoms with Crippen molar-refractivity contribution in [1.29, 1.82) is 0 Å². The monoisotopic (exact) mass is 248 g/mol. The summed E-state index contributed by atoms with van der Waals surface area (Å²) in [6, 6.07) is -0.302. The number of nitrogens with one attached hydrogen (secondary N) is 2. The molecular weight excluding hydrogens is 232 g/mol. The SMILES string of the molecule is CC(O)(CNC(=O)C1CSCCN1)C(=O)O. The fourth-order valence-electron chi connectivity index (χ4n) is 1.19. The summed E-state index contributed by atoms with van der Waals surface area (Å²) in [6.07, 6.45) is 0. The third-order valence-electron chi connectivity index (χ3n) is 2.31. The van der Waals surface area contributed by atoms with Crippen LogP contribution in [-0.4, -0.2) is 58.3 Å². The van der Waals surface area contributed by atoms with Gasteiger partial charge in [-0.25, -0.2) is 4.79 Å². The summed E-state index contributed by atoms with van der Waals surface area (Å²) in [7, 11) is 0. The van der Waals surface area contributed by atoms with Crippen molar-refractivity contribution in [3.05, 3.63) is 0 Å². The second kappa shape index (κ2) is 5.51. The van der Waals surface area contributed by atoms with E-state index in [1.807, 2.05) is 0 Å². The van der Waals surface area contributed by atoms with E-state index in [1.165, 1.54) is 0 Å². The summed E-state index contributed by atoms with van der Waals surface area (Å²) in [4.78, 5) is 22.2. The van der Waals surface area contributed by atoms with E-state index >= 15 is 0 Å². The highest BCUT2D eigenvalue weighted by atomic mass is 32.2. The van der Waals surface area contributed by atoms with E-state index in [1.54, 1.807) is 11.8 Å². The number of amides is 1. The van der Waals surface area contributed by atoms with Gasteiger partial charge in [0.25, 0.3) is 0 Å². The third-order valence-corrected chi connectivity index (χ3v) is 3.37. The number of thioether (sulfide) groups is 1. The molecule has 92 valence electrons. The van der Waals surface area contributed by atoms with E-state index in [2.05, 4.69) is 10.6 Å². The fraction of sp³-hybridized carbons (Fsp3) is 0.778. The molecular formula is C9H16N2O4S. The van der Waals surface area contributed by atoms with Crippen LogP contribution in [0, 0.1) is 0 Å². The fourth-order valence-corrected chi connectivity index (χ4v) is 2.13. The summed E-state index contributed by atoms with van der Waals surface area (Å²) < 4.78 is 0. The van der Waals surface area contributed by atoms with Crippen LogP contribution >= 0.6 is 11.8 Å². The highest BCUT2D eigenvalue weighted by molar-refractivity contribution is 7.99. The molecule has 0 aromatic carbocycles. The molecule has 2 unspecified atom stereocenters. The number of hydrogen-bond donors (Lipinski definition) is 4. The Kier molecular flexibility index (Phi) is 4.57. The number of aliphatic carboxylic acids is 1. The van der Waals surface area contributed by atoms with Crippen molar-refractivity contribution >= 4 is 23.6 Å². The van der Waals surface area contributed by atoms with Gasteiger partial charge in [0.15, 0.2) is 5.60 Å². The van der Waals surface area contributed by atoms with Crippen LogP contribution in [0.5, 0.6) is 0 Å². The molecule has 7 heteroatoms. The van der Waals surface area contributed by atoms with Gasteiger partial charge in [-0.05, 0) is 6.92 Å². The zero-order valence-electron chi connectivity index (χ0n) is 9.02. The molecule has 0 aromatic rings. The van der Waals surface area contributed by atoms with E-state index < -0.39 is 11.6 Å². The lowest BCUT2D eigenvalue weighted by Crippen LogP contribution is -2.53. The van der Waals surface area contributed by atoms with Crippen molar-refractivity contribution in [2.45, 2.75) is 18.6 Å². The zero-order valence-corrected chi connectivity index (χ0v) is 9.84. The normalized spacial score (nSPS) is 24.5. The number of carboxylic acids is 1. The van der Waals surface area contributed by atoms with Crippen LogP contribution in [-0.2, 0) is 9.59 Å². The summed E-state index contributed by atoms with van der Waals surface area (Å²) in [6.45, 7) is 1.63. The lowest BCUT2D eigenvalue weighted by Gasteiger charge is -2.24. The average molecular weight is 248 g/mol. The summed E-state index contributed by atoms with van der Waals surface area (Å²) in [5, 5.41) is 23.5. The molecule has 1 aliphatic heterocycles. The number of hydrogen-bond acceptors (Lipinski definition) is 5. The van der Waals surface area contributed by atoms with E-state index in [-0.39, 0.29) is 18.5 Å². The van der Waals surface area contributed by atoms with Gasteiger partial charge in [-0.1, -0.05) is 0 Å². The van der Waals surface area contributed by atoms with Gasteiger partial charge >= 0.3 is 5.97 Å². The highest BCUT2D eigenvalue weighted by Gasteiger charge is 2.31. The first-order valence-corrected chi connectivity index (χ1v) is 6.13. The molecule has 0 aromatic heterocycles. The Morgan fingerprint density at radius 1 is 1.62 bits per heavy atom. The lowest BCUT2D eigenvalue weighted by molar-refractivity contribution is -0.156. The first kappa shape index (κ1) is 13.3. The molecule has 0 saturated carbocycles. The summed E-state index contributed by atoms with van der Waals surface area (Å²) in [5.41, 5.74) is -1.92. The Bertz CT molecular complexity index is 277. The third kappa shape index (κ3) is 3.66. The quantitative estimate of drug-likeness (QED) is 0.491. The Morgan fingerprint density at radius 3 is 2.81 bits per heavy atom. The molecule has 6 nitrogen and oxygen atoms in total. The largest absolute Gasteiger partial charge is 0.479 e. The van der Waals surface area contributed by atoms with Crippen molar-refractivity contribution in [2.24, 2.45) is 0 Å². The van der Waals surface area contributed by atoms with Gasteiger partial charge in [0, 0.05) is 18.1 Å². The average Bonchev–Trinajstić information content (AvgIpc) is 2.27. The molecule has 1 rings (SSSR count). The minimum Gasteiger partial charge on any atom is -0.479 e. The van der Waals surface area contributed by atoms with Crippen molar-refractivity contribution in [3.8, 4) is 0 Å².